The predicted molar refractivity (Wildman–Crippen MR) is 140 cm³/mol. The largest absolute Gasteiger partial charge is 0.462 e. The Balaban J connectivity index is 1.53. The lowest BCUT2D eigenvalue weighted by molar-refractivity contribution is -0.211. The highest BCUT2D eigenvalue weighted by molar-refractivity contribution is 5.66. The summed E-state index contributed by atoms with van der Waals surface area (Å²) >= 11 is 0. The van der Waals surface area contributed by atoms with Crippen molar-refractivity contribution >= 4 is 5.97 Å². The molecule has 0 spiro atoms. The molecule has 5 aliphatic carbocycles. The fraction of sp³-hybridized carbons (Fsp3) is 0.906. The first-order chi connectivity index (χ1) is 15.6. The molecule has 0 radical (unpaired) electrons. The van der Waals surface area contributed by atoms with Crippen molar-refractivity contribution in [2.75, 3.05) is 0 Å². The van der Waals surface area contributed by atoms with Gasteiger partial charge in [-0.2, -0.15) is 0 Å². The topological polar surface area (TPSA) is 26.3 Å². The van der Waals surface area contributed by atoms with E-state index >= 15 is 0 Å². The molecule has 0 unspecified atom stereocenters. The van der Waals surface area contributed by atoms with E-state index in [4.69, 9.17) is 4.74 Å². The van der Waals surface area contributed by atoms with Crippen LogP contribution in [0, 0.1) is 50.2 Å². The van der Waals surface area contributed by atoms with Crippen molar-refractivity contribution in [3.63, 3.8) is 0 Å². The van der Waals surface area contributed by atoms with Crippen molar-refractivity contribution in [3.8, 4) is 0 Å². The maximum Gasteiger partial charge on any atom is 0.302 e. The van der Waals surface area contributed by atoms with E-state index in [-0.39, 0.29) is 17.5 Å². The molecule has 0 saturated heterocycles. The van der Waals surface area contributed by atoms with Crippen molar-refractivity contribution in [2.45, 2.75) is 133 Å². The van der Waals surface area contributed by atoms with Gasteiger partial charge in [-0.15, -0.1) is 0 Å². The summed E-state index contributed by atoms with van der Waals surface area (Å²) in [4.78, 5) is 11.9. The van der Waals surface area contributed by atoms with Crippen molar-refractivity contribution < 1.29 is 9.53 Å². The maximum atomic E-state index is 11.9. The minimum atomic E-state index is -0.110. The molecule has 0 amide bonds. The zero-order chi connectivity index (χ0) is 24.9. The minimum Gasteiger partial charge on any atom is -0.462 e. The van der Waals surface area contributed by atoms with Gasteiger partial charge in [0.05, 0.1) is 0 Å². The van der Waals surface area contributed by atoms with Crippen LogP contribution in [0.2, 0.25) is 0 Å². The Morgan fingerprint density at radius 2 is 1.53 bits per heavy atom. The molecule has 2 nitrogen and oxygen atoms in total. The van der Waals surface area contributed by atoms with Crippen LogP contribution in [0.25, 0.3) is 0 Å². The van der Waals surface area contributed by atoms with Gasteiger partial charge < -0.3 is 4.74 Å². The van der Waals surface area contributed by atoms with Crippen LogP contribution in [-0.4, -0.2) is 12.1 Å². The van der Waals surface area contributed by atoms with Crippen LogP contribution in [0.15, 0.2) is 11.6 Å². The Hall–Kier alpha value is -0.790. The molecule has 5 rings (SSSR count). The van der Waals surface area contributed by atoms with Crippen molar-refractivity contribution in [1.82, 2.24) is 0 Å². The quantitative estimate of drug-likeness (QED) is 0.284. The lowest BCUT2D eigenvalue weighted by atomic mass is 9.33. The molecule has 0 bridgehead atoms. The summed E-state index contributed by atoms with van der Waals surface area (Å²) in [5, 5.41) is 0. The SMILES string of the molecule is CC(=O)O[C@@H]1CC[C@@]2(C)[C@H](CC[C@]3(C)[C@@H]2CC=C2[C@H]4CC(C)(C)CC[C@]4(C)CC[C@@]23C)C1(C)C. The first-order valence-corrected chi connectivity index (χ1v) is 14.5. The van der Waals surface area contributed by atoms with Gasteiger partial charge in [0.25, 0.3) is 0 Å². The first kappa shape index (κ1) is 24.9. The van der Waals surface area contributed by atoms with Gasteiger partial charge in [0.1, 0.15) is 6.10 Å². The second kappa shape index (κ2) is 7.38. The Morgan fingerprint density at radius 3 is 2.21 bits per heavy atom. The van der Waals surface area contributed by atoms with Gasteiger partial charge in [-0.25, -0.2) is 0 Å². The van der Waals surface area contributed by atoms with E-state index < -0.39 is 0 Å². The van der Waals surface area contributed by atoms with Gasteiger partial charge in [-0.1, -0.05) is 67.0 Å². The third kappa shape index (κ3) is 3.21. The summed E-state index contributed by atoms with van der Waals surface area (Å²) in [7, 11) is 0. The Morgan fingerprint density at radius 1 is 0.853 bits per heavy atom. The van der Waals surface area contributed by atoms with Crippen molar-refractivity contribution in [2.24, 2.45) is 50.2 Å². The van der Waals surface area contributed by atoms with E-state index in [0.717, 1.165) is 18.3 Å². The summed E-state index contributed by atoms with van der Waals surface area (Å²) in [6.07, 6.45) is 15.9. The molecule has 0 aliphatic heterocycles. The van der Waals surface area contributed by atoms with E-state index in [9.17, 15) is 4.79 Å². The number of hydrogen-bond donors (Lipinski definition) is 0. The molecule has 8 atom stereocenters. The number of allylic oxidation sites excluding steroid dienone is 2. The van der Waals surface area contributed by atoms with Gasteiger partial charge >= 0.3 is 5.97 Å². The lowest BCUT2D eigenvalue weighted by Gasteiger charge is -2.71. The molecule has 0 aromatic carbocycles. The molecule has 0 heterocycles. The van der Waals surface area contributed by atoms with Crippen LogP contribution in [0.4, 0.5) is 0 Å². The number of hydrogen-bond acceptors (Lipinski definition) is 2. The van der Waals surface area contributed by atoms with Crippen LogP contribution in [0.1, 0.15) is 127 Å². The van der Waals surface area contributed by atoms with Gasteiger partial charge in [0, 0.05) is 12.3 Å². The second-order valence-electron chi connectivity index (χ2n) is 15.8. The van der Waals surface area contributed by atoms with E-state index in [1.54, 1.807) is 6.92 Å². The summed E-state index contributed by atoms with van der Waals surface area (Å²) in [5.74, 6) is 2.01. The molecular formula is C32H52O2. The lowest BCUT2D eigenvalue weighted by Crippen LogP contribution is -2.64. The highest BCUT2D eigenvalue weighted by Gasteiger charge is 2.68. The average Bonchev–Trinajstić information content (AvgIpc) is 2.72. The molecule has 34 heavy (non-hydrogen) atoms. The number of carbonyl (C=O) groups is 1. The average molecular weight is 469 g/mol. The minimum absolute atomic E-state index is 0.0451. The van der Waals surface area contributed by atoms with E-state index in [1.165, 1.54) is 57.8 Å². The highest BCUT2D eigenvalue weighted by Crippen LogP contribution is 2.75. The zero-order valence-corrected chi connectivity index (χ0v) is 23.8. The molecule has 192 valence electrons. The van der Waals surface area contributed by atoms with Gasteiger partial charge in [0.15, 0.2) is 0 Å². The predicted octanol–water partition coefficient (Wildman–Crippen LogP) is 8.74. The van der Waals surface area contributed by atoms with Gasteiger partial charge in [0.2, 0.25) is 0 Å². The molecule has 0 N–H and O–H groups in total. The van der Waals surface area contributed by atoms with E-state index in [2.05, 4.69) is 61.5 Å². The van der Waals surface area contributed by atoms with Crippen molar-refractivity contribution in [3.05, 3.63) is 11.6 Å². The molecule has 0 aromatic heterocycles. The number of carbonyl (C=O) groups excluding carboxylic acids is 1. The standard InChI is InChI=1S/C32H52O2/c1-21(33)34-26-13-14-30(7)24(28(26,4)5)12-15-32(9)25(30)11-10-22-23-20-27(2,3)16-17-29(23,6)18-19-31(22,32)8/h10,23-26H,11-20H2,1-9H3/t23-,24-,25-,26-,29-,30+,31+,32-/m1/s1. The summed E-state index contributed by atoms with van der Waals surface area (Å²) in [5.41, 5.74) is 3.92. The number of esters is 1. The smallest absolute Gasteiger partial charge is 0.302 e. The van der Waals surface area contributed by atoms with Crippen LogP contribution in [0.3, 0.4) is 0 Å². The van der Waals surface area contributed by atoms with E-state index in [1.807, 2.05) is 5.57 Å². The van der Waals surface area contributed by atoms with Gasteiger partial charge in [-0.3, -0.25) is 4.79 Å². The maximum absolute atomic E-state index is 11.9. The molecule has 0 aromatic rings. The van der Waals surface area contributed by atoms with Crippen LogP contribution < -0.4 is 0 Å². The van der Waals surface area contributed by atoms with E-state index in [0.29, 0.717) is 33.0 Å². The third-order valence-corrected chi connectivity index (χ3v) is 13.3. The summed E-state index contributed by atoms with van der Waals surface area (Å²) in [6.45, 7) is 22.0. The Labute approximate surface area is 210 Å². The molecule has 2 heteroatoms. The Kier molecular flexibility index (Phi) is 5.40. The zero-order valence-electron chi connectivity index (χ0n) is 23.8. The summed E-state index contributed by atoms with van der Waals surface area (Å²) < 4.78 is 5.91. The van der Waals surface area contributed by atoms with Crippen LogP contribution in [-0.2, 0) is 9.53 Å². The molecule has 5 aliphatic rings. The monoisotopic (exact) mass is 468 g/mol. The van der Waals surface area contributed by atoms with Crippen LogP contribution in [0.5, 0.6) is 0 Å². The van der Waals surface area contributed by atoms with Crippen LogP contribution >= 0.6 is 0 Å². The van der Waals surface area contributed by atoms with Crippen molar-refractivity contribution in [1.29, 1.82) is 0 Å². The normalized spacial score (nSPS) is 51.1. The third-order valence-electron chi connectivity index (χ3n) is 13.3. The number of rotatable bonds is 1. The fourth-order valence-corrected chi connectivity index (χ4v) is 10.9. The first-order valence-electron chi connectivity index (χ1n) is 14.5. The Bertz CT molecular complexity index is 897. The highest BCUT2D eigenvalue weighted by atomic mass is 16.5. The number of fused-ring (bicyclic) bond motifs is 7. The van der Waals surface area contributed by atoms with Gasteiger partial charge in [-0.05, 0) is 109 Å². The second-order valence-corrected chi connectivity index (χ2v) is 15.8. The summed E-state index contributed by atoms with van der Waals surface area (Å²) in [6, 6.07) is 0. The molecular weight excluding hydrogens is 416 g/mol. The number of ether oxygens (including phenoxy) is 1. The molecule has 4 saturated carbocycles. The fourth-order valence-electron chi connectivity index (χ4n) is 10.9. The molecule has 4 fully saturated rings.